The van der Waals surface area contributed by atoms with Crippen molar-refractivity contribution in [2.75, 3.05) is 13.1 Å². The third kappa shape index (κ3) is 4.22. The van der Waals surface area contributed by atoms with Crippen LogP contribution in [0.15, 0.2) is 71.9 Å². The Morgan fingerprint density at radius 2 is 1.70 bits per heavy atom. The van der Waals surface area contributed by atoms with Crippen LogP contribution in [-0.4, -0.2) is 41.1 Å². The van der Waals surface area contributed by atoms with Gasteiger partial charge in [0.15, 0.2) is 5.78 Å². The van der Waals surface area contributed by atoms with Crippen LogP contribution < -0.4 is 0 Å². The minimum Gasteiger partial charge on any atom is -0.331 e. The number of hydrogen-bond donors (Lipinski definition) is 0. The summed E-state index contributed by atoms with van der Waals surface area (Å²) in [5, 5.41) is 0. The lowest BCUT2D eigenvalue weighted by Gasteiger charge is -2.31. The van der Waals surface area contributed by atoms with E-state index in [1.54, 1.807) is 16.4 Å². The average Bonchev–Trinajstić information content (AvgIpc) is 3.23. The molecule has 0 amide bonds. The topological polar surface area (TPSA) is 72.3 Å². The molecule has 7 heteroatoms. The highest BCUT2D eigenvalue weighted by Gasteiger charge is 2.29. The maximum Gasteiger partial charge on any atom is 0.243 e. The molecule has 156 valence electrons. The molecule has 1 aliphatic rings. The van der Waals surface area contributed by atoms with Crippen molar-refractivity contribution in [3.05, 3.63) is 72.6 Å². The maximum atomic E-state index is 13.0. The van der Waals surface area contributed by atoms with Crippen molar-refractivity contribution >= 4 is 15.8 Å². The summed E-state index contributed by atoms with van der Waals surface area (Å²) in [5.41, 5.74) is 1.60. The molecule has 0 aliphatic carbocycles. The number of hydrogen-bond acceptors (Lipinski definition) is 4. The molecule has 1 fully saturated rings. The molecule has 4 rings (SSSR count). The van der Waals surface area contributed by atoms with Crippen molar-refractivity contribution < 1.29 is 13.2 Å². The zero-order chi connectivity index (χ0) is 21.1. The van der Waals surface area contributed by atoms with Gasteiger partial charge in [0.05, 0.1) is 4.90 Å². The second-order valence-electron chi connectivity index (χ2n) is 7.70. The lowest BCUT2D eigenvalue weighted by Crippen LogP contribution is -2.39. The van der Waals surface area contributed by atoms with E-state index in [0.717, 1.165) is 30.8 Å². The van der Waals surface area contributed by atoms with E-state index in [-0.39, 0.29) is 10.7 Å². The van der Waals surface area contributed by atoms with Gasteiger partial charge in [0, 0.05) is 43.2 Å². The zero-order valence-corrected chi connectivity index (χ0v) is 17.8. The maximum absolute atomic E-state index is 13.0. The van der Waals surface area contributed by atoms with Gasteiger partial charge in [-0.15, -0.1) is 0 Å². The van der Waals surface area contributed by atoms with Crippen LogP contribution in [0.2, 0.25) is 0 Å². The Morgan fingerprint density at radius 3 is 2.33 bits per heavy atom. The van der Waals surface area contributed by atoms with E-state index < -0.39 is 10.0 Å². The van der Waals surface area contributed by atoms with E-state index in [1.165, 1.54) is 19.1 Å². The van der Waals surface area contributed by atoms with E-state index in [0.29, 0.717) is 24.6 Å². The molecule has 0 atom stereocenters. The molecule has 2 aromatic carbocycles. The van der Waals surface area contributed by atoms with Crippen molar-refractivity contribution in [2.24, 2.45) is 5.92 Å². The summed E-state index contributed by atoms with van der Waals surface area (Å²) in [6.07, 6.45) is 5.41. The molecule has 0 saturated carbocycles. The van der Waals surface area contributed by atoms with Crippen molar-refractivity contribution in [1.82, 2.24) is 13.9 Å². The number of piperidine rings is 1. The minimum atomic E-state index is -3.54. The fourth-order valence-corrected chi connectivity index (χ4v) is 5.39. The highest BCUT2D eigenvalue weighted by atomic mass is 32.2. The molecule has 2 heterocycles. The van der Waals surface area contributed by atoms with Crippen LogP contribution in [-0.2, 0) is 16.6 Å². The second kappa shape index (κ2) is 8.53. The Balaban J connectivity index is 1.41. The first kappa shape index (κ1) is 20.5. The first-order valence-electron chi connectivity index (χ1n) is 10.1. The monoisotopic (exact) mass is 423 g/mol. The average molecular weight is 424 g/mol. The number of rotatable bonds is 6. The van der Waals surface area contributed by atoms with Gasteiger partial charge in [-0.25, -0.2) is 13.4 Å². The van der Waals surface area contributed by atoms with Crippen LogP contribution in [0.1, 0.15) is 30.1 Å². The molecular formula is C23H25N3O3S. The van der Waals surface area contributed by atoms with Crippen molar-refractivity contribution in [3.63, 3.8) is 0 Å². The van der Waals surface area contributed by atoms with Gasteiger partial charge in [0.25, 0.3) is 0 Å². The molecule has 30 heavy (non-hydrogen) atoms. The molecule has 1 aliphatic heterocycles. The van der Waals surface area contributed by atoms with Gasteiger partial charge >= 0.3 is 0 Å². The number of ketones is 1. The first-order chi connectivity index (χ1) is 14.4. The fraction of sp³-hybridized carbons (Fsp3) is 0.304. The number of Topliss-reactive ketones (excluding diaryl/α,β-unsaturated/α-hetero) is 1. The van der Waals surface area contributed by atoms with Gasteiger partial charge in [-0.05, 0) is 37.8 Å². The molecule has 0 radical (unpaired) electrons. The van der Waals surface area contributed by atoms with E-state index in [4.69, 9.17) is 0 Å². The van der Waals surface area contributed by atoms with Gasteiger partial charge in [-0.3, -0.25) is 4.79 Å². The van der Waals surface area contributed by atoms with Crippen molar-refractivity contribution in [2.45, 2.75) is 31.2 Å². The third-order valence-corrected chi connectivity index (χ3v) is 7.59. The molecule has 0 N–H and O–H groups in total. The molecular weight excluding hydrogens is 398 g/mol. The Morgan fingerprint density at radius 1 is 1.03 bits per heavy atom. The number of sulfonamides is 1. The van der Waals surface area contributed by atoms with Crippen LogP contribution in [0, 0.1) is 5.92 Å². The van der Waals surface area contributed by atoms with Crippen LogP contribution in [0.4, 0.5) is 0 Å². The van der Waals surface area contributed by atoms with E-state index in [9.17, 15) is 13.2 Å². The van der Waals surface area contributed by atoms with Gasteiger partial charge in [-0.1, -0.05) is 42.5 Å². The highest BCUT2D eigenvalue weighted by Crippen LogP contribution is 2.27. The molecule has 0 bridgehead atoms. The summed E-state index contributed by atoms with van der Waals surface area (Å²) in [6.45, 7) is 3.29. The SMILES string of the molecule is CC(=O)c1ccc(S(=O)(=O)N2CCC(Cn3ccnc3-c3ccccc3)CC2)cc1. The Hall–Kier alpha value is -2.77. The number of carbonyl (C=O) groups is 1. The summed E-state index contributed by atoms with van der Waals surface area (Å²) >= 11 is 0. The zero-order valence-electron chi connectivity index (χ0n) is 16.9. The normalized spacial score (nSPS) is 15.9. The molecule has 0 unspecified atom stereocenters. The minimum absolute atomic E-state index is 0.0749. The number of aromatic nitrogens is 2. The number of nitrogens with zero attached hydrogens (tertiary/aromatic N) is 3. The van der Waals surface area contributed by atoms with Crippen LogP contribution >= 0.6 is 0 Å². The largest absolute Gasteiger partial charge is 0.331 e. The quantitative estimate of drug-likeness (QED) is 0.565. The number of benzene rings is 2. The summed E-state index contributed by atoms with van der Waals surface area (Å²) in [7, 11) is -3.54. The van der Waals surface area contributed by atoms with Crippen molar-refractivity contribution in [1.29, 1.82) is 0 Å². The van der Waals surface area contributed by atoms with Crippen LogP contribution in [0.5, 0.6) is 0 Å². The standard InChI is InChI=1S/C23H25N3O3S/c1-18(27)20-7-9-22(10-8-20)30(28,29)26-14-11-19(12-15-26)17-25-16-13-24-23(25)21-5-3-2-4-6-21/h2-10,13,16,19H,11-12,14-15,17H2,1H3. The highest BCUT2D eigenvalue weighted by molar-refractivity contribution is 7.89. The lowest BCUT2D eigenvalue weighted by molar-refractivity contribution is 0.101. The van der Waals surface area contributed by atoms with Crippen molar-refractivity contribution in [3.8, 4) is 11.4 Å². The lowest BCUT2D eigenvalue weighted by atomic mass is 9.98. The smallest absolute Gasteiger partial charge is 0.243 e. The van der Waals surface area contributed by atoms with E-state index >= 15 is 0 Å². The van der Waals surface area contributed by atoms with E-state index in [1.807, 2.05) is 42.7 Å². The predicted octanol–water partition coefficient (Wildman–Crippen LogP) is 3.85. The van der Waals surface area contributed by atoms with E-state index in [2.05, 4.69) is 9.55 Å². The Kier molecular flexibility index (Phi) is 5.83. The summed E-state index contributed by atoms with van der Waals surface area (Å²) in [6, 6.07) is 16.3. The van der Waals surface area contributed by atoms with Gasteiger partial charge in [-0.2, -0.15) is 4.31 Å². The van der Waals surface area contributed by atoms with Crippen LogP contribution in [0.3, 0.4) is 0 Å². The van der Waals surface area contributed by atoms with Gasteiger partial charge < -0.3 is 4.57 Å². The summed E-state index contributed by atoms with van der Waals surface area (Å²) in [5.74, 6) is 1.26. The summed E-state index contributed by atoms with van der Waals surface area (Å²) in [4.78, 5) is 16.2. The molecule has 1 aromatic heterocycles. The summed E-state index contributed by atoms with van der Waals surface area (Å²) < 4.78 is 29.6. The first-order valence-corrected chi connectivity index (χ1v) is 11.6. The predicted molar refractivity (Wildman–Crippen MR) is 116 cm³/mol. The molecule has 6 nitrogen and oxygen atoms in total. The van der Waals surface area contributed by atoms with Gasteiger partial charge in [0.2, 0.25) is 10.0 Å². The van der Waals surface area contributed by atoms with Gasteiger partial charge in [0.1, 0.15) is 5.82 Å². The molecule has 1 saturated heterocycles. The second-order valence-corrected chi connectivity index (χ2v) is 9.64. The number of carbonyl (C=O) groups excluding carboxylic acids is 1. The Bertz CT molecular complexity index is 1110. The Labute approximate surface area is 177 Å². The van der Waals surface area contributed by atoms with Crippen LogP contribution in [0.25, 0.3) is 11.4 Å². The third-order valence-electron chi connectivity index (χ3n) is 5.67. The molecule has 3 aromatic rings. The fourth-order valence-electron chi connectivity index (χ4n) is 3.93. The molecule has 0 spiro atoms. The number of imidazole rings is 1.